The van der Waals surface area contributed by atoms with E-state index in [1.165, 1.54) is 17.4 Å². The lowest BCUT2D eigenvalue weighted by Crippen LogP contribution is -2.48. The molecule has 3 aromatic rings. The average molecular weight is 473 g/mol. The van der Waals surface area contributed by atoms with Gasteiger partial charge in [-0.05, 0) is 49.8 Å². The Bertz CT molecular complexity index is 1150. The van der Waals surface area contributed by atoms with E-state index in [0.717, 1.165) is 47.0 Å². The van der Waals surface area contributed by atoms with Crippen LogP contribution in [0.25, 0.3) is 10.4 Å². The van der Waals surface area contributed by atoms with Gasteiger partial charge in [0.05, 0.1) is 15.4 Å². The molecule has 1 aliphatic heterocycles. The van der Waals surface area contributed by atoms with Crippen LogP contribution in [-0.4, -0.2) is 39.4 Å². The SMILES string of the molecule is Cc1nc(C(=O)N2[C@H](CNc3ccc(C(F)(F)F)cn3)CC[C@@H]3C[C@@H]32)c(-c2ccccc2)s1. The van der Waals surface area contributed by atoms with Crippen molar-refractivity contribution >= 4 is 23.1 Å². The Morgan fingerprint density at radius 2 is 1.97 bits per heavy atom. The topological polar surface area (TPSA) is 58.1 Å². The molecular formula is C24H23F3N4OS. The summed E-state index contributed by atoms with van der Waals surface area (Å²) < 4.78 is 38.4. The minimum atomic E-state index is -4.42. The maximum absolute atomic E-state index is 13.7. The fourth-order valence-electron chi connectivity index (χ4n) is 4.58. The molecule has 0 bridgehead atoms. The number of carbonyl (C=O) groups excluding carboxylic acids is 1. The van der Waals surface area contributed by atoms with Gasteiger partial charge in [-0.1, -0.05) is 30.3 Å². The molecule has 0 unspecified atom stereocenters. The quantitative estimate of drug-likeness (QED) is 0.522. The van der Waals surface area contributed by atoms with Gasteiger partial charge in [0.1, 0.15) is 11.5 Å². The third-order valence-electron chi connectivity index (χ3n) is 6.32. The minimum absolute atomic E-state index is 0.0717. The molecule has 1 saturated carbocycles. The van der Waals surface area contributed by atoms with Gasteiger partial charge in [-0.15, -0.1) is 11.3 Å². The molecule has 172 valence electrons. The summed E-state index contributed by atoms with van der Waals surface area (Å²) in [4.78, 5) is 25.0. The van der Waals surface area contributed by atoms with Gasteiger partial charge in [0.15, 0.2) is 0 Å². The van der Waals surface area contributed by atoms with E-state index >= 15 is 0 Å². The van der Waals surface area contributed by atoms with Crippen molar-refractivity contribution in [3.05, 3.63) is 64.9 Å². The highest BCUT2D eigenvalue weighted by atomic mass is 32.1. The first-order valence-electron chi connectivity index (χ1n) is 10.9. The van der Waals surface area contributed by atoms with Gasteiger partial charge in [-0.3, -0.25) is 4.79 Å². The van der Waals surface area contributed by atoms with Crippen LogP contribution in [0.15, 0.2) is 48.7 Å². The second-order valence-electron chi connectivity index (χ2n) is 8.59. The van der Waals surface area contributed by atoms with E-state index in [1.54, 1.807) is 0 Å². The van der Waals surface area contributed by atoms with Crippen molar-refractivity contribution in [3.63, 3.8) is 0 Å². The fraction of sp³-hybridized carbons (Fsp3) is 0.375. The number of hydrogen-bond donors (Lipinski definition) is 1. The van der Waals surface area contributed by atoms with Gasteiger partial charge in [0, 0.05) is 24.8 Å². The number of thiazole rings is 1. The number of hydrogen-bond acceptors (Lipinski definition) is 5. The van der Waals surface area contributed by atoms with Gasteiger partial charge in [-0.25, -0.2) is 9.97 Å². The van der Waals surface area contributed by atoms with Crippen LogP contribution in [0.2, 0.25) is 0 Å². The van der Waals surface area contributed by atoms with Crippen LogP contribution in [0.4, 0.5) is 19.0 Å². The second kappa shape index (κ2) is 8.44. The number of carbonyl (C=O) groups is 1. The highest BCUT2D eigenvalue weighted by molar-refractivity contribution is 7.15. The van der Waals surface area contributed by atoms with E-state index < -0.39 is 11.7 Å². The van der Waals surface area contributed by atoms with E-state index in [-0.39, 0.29) is 18.0 Å². The lowest BCUT2D eigenvalue weighted by Gasteiger charge is -2.36. The van der Waals surface area contributed by atoms with E-state index in [9.17, 15) is 18.0 Å². The molecule has 33 heavy (non-hydrogen) atoms. The van der Waals surface area contributed by atoms with Gasteiger partial charge in [0.2, 0.25) is 0 Å². The van der Waals surface area contributed by atoms with Gasteiger partial charge in [0.25, 0.3) is 5.91 Å². The first-order valence-corrected chi connectivity index (χ1v) is 11.8. The largest absolute Gasteiger partial charge is 0.417 e. The molecule has 2 fully saturated rings. The number of nitrogens with one attached hydrogen (secondary N) is 1. The second-order valence-corrected chi connectivity index (χ2v) is 9.80. The lowest BCUT2D eigenvalue weighted by atomic mass is 10.0. The van der Waals surface area contributed by atoms with Gasteiger partial charge < -0.3 is 10.2 Å². The zero-order valence-electron chi connectivity index (χ0n) is 18.0. The van der Waals surface area contributed by atoms with Gasteiger partial charge >= 0.3 is 6.18 Å². The molecule has 9 heteroatoms. The monoisotopic (exact) mass is 472 g/mol. The summed E-state index contributed by atoms with van der Waals surface area (Å²) in [6.07, 6.45) is -0.716. The first-order chi connectivity index (χ1) is 15.8. The molecule has 1 aromatic carbocycles. The molecular weight excluding hydrogens is 449 g/mol. The Balaban J connectivity index is 1.35. The summed E-state index contributed by atoms with van der Waals surface area (Å²) in [6, 6.07) is 12.3. The summed E-state index contributed by atoms with van der Waals surface area (Å²) >= 11 is 1.51. The van der Waals surface area contributed by atoms with Crippen molar-refractivity contribution in [2.75, 3.05) is 11.9 Å². The molecule has 3 heterocycles. The lowest BCUT2D eigenvalue weighted by molar-refractivity contribution is -0.137. The fourth-order valence-corrected chi connectivity index (χ4v) is 5.50. The average Bonchev–Trinajstić information content (AvgIpc) is 3.49. The predicted octanol–water partition coefficient (Wildman–Crippen LogP) is 5.64. The molecule has 1 saturated heterocycles. The number of pyridine rings is 1. The smallest absolute Gasteiger partial charge is 0.368 e. The van der Waals surface area contributed by atoms with Crippen molar-refractivity contribution in [1.82, 2.24) is 14.9 Å². The summed E-state index contributed by atoms with van der Waals surface area (Å²) in [6.45, 7) is 2.33. The number of piperidine rings is 1. The number of aromatic nitrogens is 2. The van der Waals surface area contributed by atoms with Crippen LogP contribution in [0.5, 0.6) is 0 Å². The molecule has 1 aliphatic carbocycles. The molecule has 5 rings (SSSR count). The number of aryl methyl sites for hydroxylation is 1. The van der Waals surface area contributed by atoms with E-state index in [1.807, 2.05) is 42.2 Å². The van der Waals surface area contributed by atoms with Crippen molar-refractivity contribution in [2.45, 2.75) is 44.4 Å². The molecule has 0 radical (unpaired) electrons. The highest BCUT2D eigenvalue weighted by Gasteiger charge is 2.50. The molecule has 1 N–H and O–H groups in total. The molecule has 3 atom stereocenters. The Hall–Kier alpha value is -2.94. The molecule has 0 spiro atoms. The summed E-state index contributed by atoms with van der Waals surface area (Å²) in [5, 5.41) is 3.97. The number of amides is 1. The van der Waals surface area contributed by atoms with Crippen molar-refractivity contribution in [3.8, 4) is 10.4 Å². The number of fused-ring (bicyclic) bond motifs is 1. The summed E-state index contributed by atoms with van der Waals surface area (Å²) in [5.74, 6) is 0.815. The van der Waals surface area contributed by atoms with Crippen molar-refractivity contribution < 1.29 is 18.0 Å². The molecule has 2 aromatic heterocycles. The number of alkyl halides is 3. The number of benzene rings is 1. The Morgan fingerprint density at radius 3 is 2.67 bits per heavy atom. The van der Waals surface area contributed by atoms with Crippen molar-refractivity contribution in [2.24, 2.45) is 5.92 Å². The van der Waals surface area contributed by atoms with E-state index in [0.29, 0.717) is 24.0 Å². The van der Waals surface area contributed by atoms with Crippen LogP contribution in [-0.2, 0) is 6.18 Å². The van der Waals surface area contributed by atoms with Gasteiger partial charge in [-0.2, -0.15) is 13.2 Å². The maximum Gasteiger partial charge on any atom is 0.417 e. The third kappa shape index (κ3) is 4.46. The maximum atomic E-state index is 13.7. The van der Waals surface area contributed by atoms with Crippen LogP contribution < -0.4 is 5.32 Å². The number of nitrogens with zero attached hydrogens (tertiary/aromatic N) is 3. The molecule has 1 amide bonds. The predicted molar refractivity (Wildman–Crippen MR) is 121 cm³/mol. The number of likely N-dealkylation sites (tertiary alicyclic amines) is 1. The van der Waals surface area contributed by atoms with E-state index in [4.69, 9.17) is 0 Å². The van der Waals surface area contributed by atoms with Crippen LogP contribution in [0.1, 0.15) is 40.3 Å². The first kappa shape index (κ1) is 21.9. The van der Waals surface area contributed by atoms with Crippen LogP contribution in [0, 0.1) is 12.8 Å². The van der Waals surface area contributed by atoms with Crippen molar-refractivity contribution in [1.29, 1.82) is 0 Å². The Labute approximate surface area is 193 Å². The normalized spacial score (nSPS) is 22.1. The summed E-state index contributed by atoms with van der Waals surface area (Å²) in [5.41, 5.74) is 0.670. The van der Waals surface area contributed by atoms with E-state index in [2.05, 4.69) is 15.3 Å². The molecule has 5 nitrogen and oxygen atoms in total. The zero-order chi connectivity index (χ0) is 23.2. The van der Waals surface area contributed by atoms with Crippen LogP contribution in [0.3, 0.4) is 0 Å². The highest BCUT2D eigenvalue weighted by Crippen LogP contribution is 2.46. The summed E-state index contributed by atoms with van der Waals surface area (Å²) in [7, 11) is 0. The number of halogens is 3. The van der Waals surface area contributed by atoms with Crippen LogP contribution >= 0.6 is 11.3 Å². The standard InChI is InChI=1S/C24H23F3N4OS/c1-14-30-21(22(33-14)15-5-3-2-4-6-15)23(32)31-18(9-7-16-11-19(16)31)13-29-20-10-8-17(12-28-20)24(25,26)27/h2-6,8,10,12,16,18-19H,7,9,11,13H2,1H3,(H,28,29)/t16-,18+,19+/m1/s1. The third-order valence-corrected chi connectivity index (χ3v) is 7.34. The Morgan fingerprint density at radius 1 is 1.18 bits per heavy atom. The molecule has 2 aliphatic rings. The minimum Gasteiger partial charge on any atom is -0.368 e. The number of rotatable bonds is 5. The number of anilines is 1. The Kier molecular flexibility index (Phi) is 5.60. The zero-order valence-corrected chi connectivity index (χ0v) is 18.8.